The van der Waals surface area contributed by atoms with Crippen molar-refractivity contribution >= 4 is 17.2 Å². The number of nitrogens with zero attached hydrogens (tertiary/aromatic N) is 6. The first-order valence-corrected chi connectivity index (χ1v) is 8.88. The summed E-state index contributed by atoms with van der Waals surface area (Å²) in [6.07, 6.45) is 2.53. The molecule has 1 atom stereocenters. The molecule has 2 aromatic heterocycles. The molecule has 2 aromatic rings. The Labute approximate surface area is 144 Å². The van der Waals surface area contributed by atoms with Crippen molar-refractivity contribution in [3.63, 3.8) is 0 Å². The molecule has 0 spiro atoms. The maximum absolute atomic E-state index is 12.3. The molecule has 1 aliphatic rings. The number of morpholine rings is 1. The van der Waals surface area contributed by atoms with Crippen LogP contribution in [0.5, 0.6) is 0 Å². The molecule has 0 radical (unpaired) electrons. The first-order chi connectivity index (χ1) is 11.8. The molecule has 0 saturated carbocycles. The lowest BCUT2D eigenvalue weighted by molar-refractivity contribution is -0.122. The van der Waals surface area contributed by atoms with E-state index in [0.29, 0.717) is 25.6 Å². The highest BCUT2D eigenvalue weighted by Gasteiger charge is 2.19. The second-order valence-corrected chi connectivity index (χ2v) is 6.47. The van der Waals surface area contributed by atoms with E-state index >= 15 is 0 Å². The monoisotopic (exact) mass is 351 g/mol. The van der Waals surface area contributed by atoms with Gasteiger partial charge in [0.15, 0.2) is 5.82 Å². The van der Waals surface area contributed by atoms with Gasteiger partial charge in [0.2, 0.25) is 5.91 Å². The number of hydrogen-bond donors (Lipinski definition) is 1. The van der Waals surface area contributed by atoms with E-state index in [4.69, 9.17) is 4.74 Å². The minimum atomic E-state index is -0.118. The maximum Gasteiger partial charge on any atom is 0.242 e. The summed E-state index contributed by atoms with van der Waals surface area (Å²) in [5.74, 6) is 0.571. The van der Waals surface area contributed by atoms with Crippen LogP contribution < -0.4 is 5.32 Å². The number of tetrazole rings is 1. The Bertz CT molecular complexity index is 639. The number of aromatic nitrogens is 5. The van der Waals surface area contributed by atoms with Crippen LogP contribution in [-0.2, 0) is 22.6 Å². The predicted molar refractivity (Wildman–Crippen MR) is 87.2 cm³/mol. The summed E-state index contributed by atoms with van der Waals surface area (Å²) < 4.78 is 6.89. The van der Waals surface area contributed by atoms with Crippen molar-refractivity contribution in [2.75, 3.05) is 26.3 Å². The van der Waals surface area contributed by atoms with Crippen LogP contribution in [-0.4, -0.2) is 62.3 Å². The van der Waals surface area contributed by atoms with Crippen LogP contribution in [0.1, 0.15) is 30.2 Å². The van der Waals surface area contributed by atoms with Gasteiger partial charge in [-0.15, -0.1) is 16.4 Å². The van der Waals surface area contributed by atoms with Gasteiger partial charge in [0.25, 0.3) is 0 Å². The predicted octanol–water partition coefficient (Wildman–Crippen LogP) is 0.229. The van der Waals surface area contributed by atoms with Crippen molar-refractivity contribution in [2.45, 2.75) is 32.5 Å². The third-order valence-electron chi connectivity index (χ3n) is 3.86. The number of ether oxygens (including phenoxy) is 1. The lowest BCUT2D eigenvalue weighted by Crippen LogP contribution is -2.37. The van der Waals surface area contributed by atoms with E-state index in [9.17, 15) is 4.79 Å². The molecule has 1 aliphatic heterocycles. The number of hydrogen-bond acceptors (Lipinski definition) is 8. The smallest absolute Gasteiger partial charge is 0.242 e. The van der Waals surface area contributed by atoms with Crippen LogP contribution in [0.4, 0.5) is 0 Å². The SMILES string of the molecule is CCC(NC(=O)Cn1nnnc1CN1CCOCC1)c1nccs1. The fourth-order valence-corrected chi connectivity index (χ4v) is 3.31. The summed E-state index contributed by atoms with van der Waals surface area (Å²) in [5.41, 5.74) is 0. The zero-order valence-electron chi connectivity index (χ0n) is 13.6. The normalized spacial score (nSPS) is 16.9. The van der Waals surface area contributed by atoms with Gasteiger partial charge < -0.3 is 10.1 Å². The van der Waals surface area contributed by atoms with Crippen LogP contribution in [0.2, 0.25) is 0 Å². The second kappa shape index (κ2) is 8.27. The molecule has 9 nitrogen and oxygen atoms in total. The number of carbonyl (C=O) groups is 1. The highest BCUT2D eigenvalue weighted by Crippen LogP contribution is 2.18. The van der Waals surface area contributed by atoms with Gasteiger partial charge in [-0.25, -0.2) is 9.67 Å². The highest BCUT2D eigenvalue weighted by atomic mass is 32.1. The van der Waals surface area contributed by atoms with Crippen molar-refractivity contribution < 1.29 is 9.53 Å². The van der Waals surface area contributed by atoms with Gasteiger partial charge >= 0.3 is 0 Å². The summed E-state index contributed by atoms with van der Waals surface area (Å²) in [6.45, 7) is 5.87. The van der Waals surface area contributed by atoms with Crippen LogP contribution in [0, 0.1) is 0 Å². The number of amides is 1. The molecule has 3 heterocycles. The molecule has 0 aliphatic carbocycles. The lowest BCUT2D eigenvalue weighted by Gasteiger charge is -2.25. The van der Waals surface area contributed by atoms with Crippen molar-refractivity contribution in [3.05, 3.63) is 22.4 Å². The van der Waals surface area contributed by atoms with Gasteiger partial charge in [-0.05, 0) is 16.8 Å². The number of nitrogens with one attached hydrogen (secondary N) is 1. The maximum atomic E-state index is 12.3. The van der Waals surface area contributed by atoms with Gasteiger partial charge in [0, 0.05) is 24.7 Å². The number of thiazole rings is 1. The Kier molecular flexibility index (Phi) is 5.83. The largest absolute Gasteiger partial charge is 0.379 e. The molecule has 0 aromatic carbocycles. The molecular weight excluding hydrogens is 330 g/mol. The van der Waals surface area contributed by atoms with Crippen molar-refractivity contribution in [1.82, 2.24) is 35.4 Å². The van der Waals surface area contributed by atoms with E-state index in [1.54, 1.807) is 22.2 Å². The quantitative estimate of drug-likeness (QED) is 0.762. The molecule has 1 N–H and O–H groups in total. The molecule has 24 heavy (non-hydrogen) atoms. The van der Waals surface area contributed by atoms with Gasteiger partial charge in [0.05, 0.1) is 25.8 Å². The van der Waals surface area contributed by atoms with Crippen LogP contribution in [0.15, 0.2) is 11.6 Å². The van der Waals surface area contributed by atoms with E-state index in [-0.39, 0.29) is 18.5 Å². The summed E-state index contributed by atoms with van der Waals surface area (Å²) in [6, 6.07) is -0.0725. The van der Waals surface area contributed by atoms with Crippen molar-refractivity contribution in [1.29, 1.82) is 0 Å². The zero-order valence-corrected chi connectivity index (χ0v) is 14.4. The van der Waals surface area contributed by atoms with E-state index in [2.05, 4.69) is 30.7 Å². The van der Waals surface area contributed by atoms with E-state index < -0.39 is 0 Å². The minimum Gasteiger partial charge on any atom is -0.379 e. The zero-order chi connectivity index (χ0) is 16.8. The molecule has 1 fully saturated rings. The van der Waals surface area contributed by atoms with Gasteiger partial charge in [-0.2, -0.15) is 0 Å². The minimum absolute atomic E-state index is 0.0725. The molecule has 0 bridgehead atoms. The van der Waals surface area contributed by atoms with Crippen LogP contribution >= 0.6 is 11.3 Å². The van der Waals surface area contributed by atoms with E-state index in [1.807, 2.05) is 12.3 Å². The molecule has 1 amide bonds. The Morgan fingerprint density at radius 1 is 1.46 bits per heavy atom. The van der Waals surface area contributed by atoms with Crippen LogP contribution in [0.25, 0.3) is 0 Å². The summed E-state index contributed by atoms with van der Waals surface area (Å²) >= 11 is 1.54. The molecular formula is C14H21N7O2S. The molecule has 1 saturated heterocycles. The first-order valence-electron chi connectivity index (χ1n) is 8.00. The number of rotatable bonds is 7. The Morgan fingerprint density at radius 3 is 3.00 bits per heavy atom. The highest BCUT2D eigenvalue weighted by molar-refractivity contribution is 7.09. The van der Waals surface area contributed by atoms with Crippen molar-refractivity contribution in [2.24, 2.45) is 0 Å². The average Bonchev–Trinajstić information content (AvgIpc) is 3.26. The third kappa shape index (κ3) is 4.34. The third-order valence-corrected chi connectivity index (χ3v) is 4.75. The van der Waals surface area contributed by atoms with Gasteiger partial charge in [0.1, 0.15) is 11.6 Å². The van der Waals surface area contributed by atoms with Crippen LogP contribution in [0.3, 0.4) is 0 Å². The topological polar surface area (TPSA) is 98.1 Å². The van der Waals surface area contributed by atoms with Crippen molar-refractivity contribution in [3.8, 4) is 0 Å². The Hall–Kier alpha value is -1.91. The fourth-order valence-electron chi connectivity index (χ4n) is 2.54. The lowest BCUT2D eigenvalue weighted by atomic mass is 10.2. The summed E-state index contributed by atoms with van der Waals surface area (Å²) in [4.78, 5) is 18.8. The number of carbonyl (C=O) groups excluding carboxylic acids is 1. The molecule has 10 heteroatoms. The van der Waals surface area contributed by atoms with Gasteiger partial charge in [-0.1, -0.05) is 6.92 Å². The van der Waals surface area contributed by atoms with E-state index in [0.717, 1.165) is 24.5 Å². The van der Waals surface area contributed by atoms with Gasteiger partial charge in [-0.3, -0.25) is 9.69 Å². The first kappa shape index (κ1) is 16.9. The molecule has 3 rings (SSSR count). The summed E-state index contributed by atoms with van der Waals surface area (Å²) in [5, 5.41) is 17.5. The Balaban J connectivity index is 1.57. The fraction of sp³-hybridized carbons (Fsp3) is 0.643. The van der Waals surface area contributed by atoms with E-state index in [1.165, 1.54) is 0 Å². The Morgan fingerprint density at radius 2 is 2.29 bits per heavy atom. The summed E-state index contributed by atoms with van der Waals surface area (Å²) in [7, 11) is 0. The standard InChI is InChI=1S/C14H21N7O2S/c1-2-11(14-15-3-8-24-14)16-13(22)10-21-12(17-18-19-21)9-20-4-6-23-7-5-20/h3,8,11H,2,4-7,9-10H2,1H3,(H,16,22). The molecule has 1 unspecified atom stereocenters. The average molecular weight is 351 g/mol. The molecule has 130 valence electrons. The second-order valence-electron chi connectivity index (χ2n) is 5.54.